The number of aromatic nitrogens is 3. The fraction of sp³-hybridized carbons (Fsp3) is 0.389. The molecule has 0 spiro atoms. The lowest BCUT2D eigenvalue weighted by molar-refractivity contribution is 0.518. The van der Waals surface area contributed by atoms with Crippen LogP contribution in [0.1, 0.15) is 25.5 Å². The monoisotopic (exact) mass is 373 g/mol. The summed E-state index contributed by atoms with van der Waals surface area (Å²) in [6, 6.07) is 8.53. The third-order valence-corrected chi connectivity index (χ3v) is 5.44. The third-order valence-electron chi connectivity index (χ3n) is 4.60. The second-order valence-electron chi connectivity index (χ2n) is 6.42. The van der Waals surface area contributed by atoms with Gasteiger partial charge in [0.2, 0.25) is 10.1 Å². The smallest absolute Gasteiger partial charge is 0.275 e. The molecule has 6 nitrogen and oxygen atoms in total. The second kappa shape index (κ2) is 7.03. The van der Waals surface area contributed by atoms with Crippen molar-refractivity contribution in [1.82, 2.24) is 14.6 Å². The van der Waals surface area contributed by atoms with Crippen LogP contribution in [0.5, 0.6) is 0 Å². The average Bonchev–Trinajstić information content (AvgIpc) is 3.05. The van der Waals surface area contributed by atoms with Crippen molar-refractivity contribution in [2.75, 3.05) is 23.3 Å². The van der Waals surface area contributed by atoms with Gasteiger partial charge in [-0.15, -0.1) is 5.10 Å². The topological polar surface area (TPSA) is 62.5 Å². The van der Waals surface area contributed by atoms with Crippen molar-refractivity contribution in [1.29, 1.82) is 0 Å². The van der Waals surface area contributed by atoms with Crippen LogP contribution >= 0.6 is 11.3 Å². The largest absolute Gasteiger partial charge is 0.367 e. The van der Waals surface area contributed by atoms with E-state index in [0.29, 0.717) is 28.7 Å². The summed E-state index contributed by atoms with van der Waals surface area (Å²) in [6.07, 6.45) is 2.66. The lowest BCUT2D eigenvalue weighted by Crippen LogP contribution is -2.42. The van der Waals surface area contributed by atoms with Gasteiger partial charge in [0.05, 0.1) is 5.69 Å². The highest BCUT2D eigenvalue weighted by molar-refractivity contribution is 7.20. The molecule has 0 aliphatic carbocycles. The highest BCUT2D eigenvalue weighted by Crippen LogP contribution is 2.25. The van der Waals surface area contributed by atoms with E-state index < -0.39 is 0 Å². The molecule has 0 saturated carbocycles. The molecule has 1 unspecified atom stereocenters. The van der Waals surface area contributed by atoms with Gasteiger partial charge in [-0.3, -0.25) is 4.79 Å². The van der Waals surface area contributed by atoms with Crippen LogP contribution in [0, 0.1) is 5.82 Å². The van der Waals surface area contributed by atoms with E-state index >= 15 is 0 Å². The molecule has 136 valence electrons. The Morgan fingerprint density at radius 1 is 1.38 bits per heavy atom. The van der Waals surface area contributed by atoms with Gasteiger partial charge in [-0.05, 0) is 31.4 Å². The second-order valence-corrected chi connectivity index (χ2v) is 7.38. The standard InChI is InChI=1S/C18H20FN5OS/c1-2-12-10-16(25)24-18(21-12)26-17(22-24)20-13-6-5-9-23(11-13)15-8-4-3-7-14(15)19/h3-4,7-8,10,13H,2,5-6,9,11H2,1H3,(H,20,22). The number of anilines is 2. The Morgan fingerprint density at radius 3 is 3.04 bits per heavy atom. The molecule has 1 N–H and O–H groups in total. The minimum Gasteiger partial charge on any atom is -0.367 e. The van der Waals surface area contributed by atoms with Gasteiger partial charge in [0.25, 0.3) is 5.56 Å². The van der Waals surface area contributed by atoms with Crippen LogP contribution in [0.4, 0.5) is 15.2 Å². The maximum Gasteiger partial charge on any atom is 0.275 e. The lowest BCUT2D eigenvalue weighted by Gasteiger charge is -2.34. The van der Waals surface area contributed by atoms with Gasteiger partial charge in [0, 0.05) is 30.9 Å². The number of halogens is 1. The molecule has 4 rings (SSSR count). The Kier molecular flexibility index (Phi) is 4.58. The quantitative estimate of drug-likeness (QED) is 0.762. The Balaban J connectivity index is 1.54. The van der Waals surface area contributed by atoms with Crippen molar-refractivity contribution in [3.8, 4) is 0 Å². The predicted octanol–water partition coefficient (Wildman–Crippen LogP) is 2.93. The van der Waals surface area contributed by atoms with Gasteiger partial charge in [-0.2, -0.15) is 4.52 Å². The minimum absolute atomic E-state index is 0.144. The normalized spacial score (nSPS) is 17.6. The molecule has 0 amide bonds. The number of nitrogens with one attached hydrogen (secondary N) is 1. The van der Waals surface area contributed by atoms with Crippen molar-refractivity contribution in [3.63, 3.8) is 0 Å². The number of benzene rings is 1. The van der Waals surface area contributed by atoms with Gasteiger partial charge in [0.15, 0.2) is 0 Å². The van der Waals surface area contributed by atoms with E-state index in [-0.39, 0.29) is 17.4 Å². The van der Waals surface area contributed by atoms with Crippen LogP contribution in [0.2, 0.25) is 0 Å². The first-order chi connectivity index (χ1) is 12.6. The number of hydrogen-bond acceptors (Lipinski definition) is 6. The zero-order chi connectivity index (χ0) is 18.1. The van der Waals surface area contributed by atoms with Gasteiger partial charge in [0.1, 0.15) is 5.82 Å². The summed E-state index contributed by atoms with van der Waals surface area (Å²) in [6.45, 7) is 3.50. The number of hydrogen-bond donors (Lipinski definition) is 1. The molecule has 1 saturated heterocycles. The van der Waals surface area contributed by atoms with Crippen molar-refractivity contribution in [3.05, 3.63) is 52.2 Å². The zero-order valence-corrected chi connectivity index (χ0v) is 15.3. The molecule has 3 heterocycles. The first kappa shape index (κ1) is 17.0. The van der Waals surface area contributed by atoms with Gasteiger partial charge >= 0.3 is 0 Å². The van der Waals surface area contributed by atoms with E-state index in [0.717, 1.165) is 25.1 Å². The molecule has 0 radical (unpaired) electrons. The third kappa shape index (κ3) is 3.29. The van der Waals surface area contributed by atoms with Crippen molar-refractivity contribution < 1.29 is 4.39 Å². The maximum absolute atomic E-state index is 14.1. The predicted molar refractivity (Wildman–Crippen MR) is 102 cm³/mol. The molecule has 1 fully saturated rings. The first-order valence-corrected chi connectivity index (χ1v) is 9.61. The first-order valence-electron chi connectivity index (χ1n) is 8.80. The fourth-order valence-electron chi connectivity index (χ4n) is 3.29. The van der Waals surface area contributed by atoms with Crippen molar-refractivity contribution >= 4 is 27.1 Å². The Labute approximate surface area is 154 Å². The summed E-state index contributed by atoms with van der Waals surface area (Å²) < 4.78 is 15.4. The van der Waals surface area contributed by atoms with Crippen LogP contribution in [0.3, 0.4) is 0 Å². The number of nitrogens with zero attached hydrogens (tertiary/aromatic N) is 4. The molecule has 8 heteroatoms. The van der Waals surface area contributed by atoms with Crippen LogP contribution in [-0.4, -0.2) is 33.7 Å². The van der Waals surface area contributed by atoms with E-state index in [1.807, 2.05) is 19.1 Å². The Hall–Kier alpha value is -2.48. The minimum atomic E-state index is -0.198. The number of fused-ring (bicyclic) bond motifs is 1. The Morgan fingerprint density at radius 2 is 2.23 bits per heavy atom. The zero-order valence-electron chi connectivity index (χ0n) is 14.5. The van der Waals surface area contributed by atoms with Crippen LogP contribution in [0.25, 0.3) is 4.96 Å². The molecule has 1 atom stereocenters. The van der Waals surface area contributed by atoms with Gasteiger partial charge in [-0.1, -0.05) is 30.4 Å². The number of rotatable bonds is 4. The fourth-order valence-corrected chi connectivity index (χ4v) is 4.19. The summed E-state index contributed by atoms with van der Waals surface area (Å²) in [5, 5.41) is 8.42. The van der Waals surface area contributed by atoms with Gasteiger partial charge < -0.3 is 10.2 Å². The molecule has 3 aromatic rings. The van der Waals surface area contributed by atoms with Crippen LogP contribution in [0.15, 0.2) is 35.1 Å². The average molecular weight is 373 g/mol. The highest BCUT2D eigenvalue weighted by atomic mass is 32.1. The van der Waals surface area contributed by atoms with Gasteiger partial charge in [-0.25, -0.2) is 9.37 Å². The summed E-state index contributed by atoms with van der Waals surface area (Å²) in [7, 11) is 0. The molecule has 0 bridgehead atoms. The molecule has 26 heavy (non-hydrogen) atoms. The summed E-state index contributed by atoms with van der Waals surface area (Å²) in [5.41, 5.74) is 1.25. The summed E-state index contributed by atoms with van der Waals surface area (Å²) in [4.78, 5) is 19.2. The van der Waals surface area contributed by atoms with E-state index in [4.69, 9.17) is 0 Å². The summed E-state index contributed by atoms with van der Waals surface area (Å²) in [5.74, 6) is -0.198. The van der Waals surface area contributed by atoms with E-state index in [1.165, 1.54) is 28.0 Å². The molecule has 1 aliphatic heterocycles. The van der Waals surface area contributed by atoms with Crippen LogP contribution < -0.4 is 15.8 Å². The molecule has 1 aliphatic rings. The summed E-state index contributed by atoms with van der Waals surface area (Å²) >= 11 is 1.37. The molecular formula is C18H20FN5OS. The van der Waals surface area contributed by atoms with E-state index in [9.17, 15) is 9.18 Å². The maximum atomic E-state index is 14.1. The van der Waals surface area contributed by atoms with Crippen molar-refractivity contribution in [2.24, 2.45) is 0 Å². The lowest BCUT2D eigenvalue weighted by atomic mass is 10.1. The van der Waals surface area contributed by atoms with E-state index in [2.05, 4.69) is 20.3 Å². The SMILES string of the molecule is CCc1cc(=O)n2nc(NC3CCCN(c4ccccc4F)C3)sc2n1. The van der Waals surface area contributed by atoms with Crippen LogP contribution in [-0.2, 0) is 6.42 Å². The highest BCUT2D eigenvalue weighted by Gasteiger charge is 2.23. The van der Waals surface area contributed by atoms with E-state index in [1.54, 1.807) is 6.07 Å². The molecular weight excluding hydrogens is 353 g/mol. The van der Waals surface area contributed by atoms with Crippen molar-refractivity contribution in [2.45, 2.75) is 32.2 Å². The Bertz CT molecular complexity index is 985. The number of piperidine rings is 1. The number of aryl methyl sites for hydroxylation is 1. The number of para-hydroxylation sites is 1. The molecule has 2 aromatic heterocycles. The molecule has 1 aromatic carbocycles.